The summed E-state index contributed by atoms with van der Waals surface area (Å²) in [6.45, 7) is 5.67. The molecular formula is C26H27F3N4O5S. The lowest BCUT2D eigenvalue weighted by atomic mass is 9.99. The molecule has 1 aliphatic rings. The molecule has 2 aromatic heterocycles. The minimum atomic E-state index is -4.71. The van der Waals surface area contributed by atoms with E-state index in [0.717, 1.165) is 38.1 Å². The molecule has 1 N–H and O–H groups in total. The molecule has 0 radical (unpaired) electrons. The van der Waals surface area contributed by atoms with Crippen LogP contribution in [0, 0.1) is 5.92 Å². The summed E-state index contributed by atoms with van der Waals surface area (Å²) in [5.74, 6) is 1.09. The Bertz CT molecular complexity index is 1420. The summed E-state index contributed by atoms with van der Waals surface area (Å²) < 4.78 is 75.4. The summed E-state index contributed by atoms with van der Waals surface area (Å²) in [7, 11) is -4.22. The number of pyridine rings is 2. The number of hydrogen-bond donors (Lipinski definition) is 1. The molecule has 3 heterocycles. The van der Waals surface area contributed by atoms with Crippen LogP contribution in [0.3, 0.4) is 0 Å². The minimum absolute atomic E-state index is 0.104. The molecule has 0 saturated carbocycles. The van der Waals surface area contributed by atoms with E-state index in [4.69, 9.17) is 14.3 Å². The summed E-state index contributed by atoms with van der Waals surface area (Å²) in [6, 6.07) is 12.7. The molecule has 0 aliphatic carbocycles. The Morgan fingerprint density at radius 1 is 1.03 bits per heavy atom. The Hall–Kier alpha value is -3.96. The van der Waals surface area contributed by atoms with Crippen LogP contribution in [0.15, 0.2) is 59.6 Å². The summed E-state index contributed by atoms with van der Waals surface area (Å²) >= 11 is 0. The largest absolute Gasteiger partial charge is 0.493 e. The molecule has 208 valence electrons. The van der Waals surface area contributed by atoms with Crippen molar-refractivity contribution < 1.29 is 35.9 Å². The lowest BCUT2D eigenvalue weighted by Gasteiger charge is -2.31. The first-order valence-electron chi connectivity index (χ1n) is 12.0. The van der Waals surface area contributed by atoms with E-state index < -0.39 is 27.5 Å². The van der Waals surface area contributed by atoms with Gasteiger partial charge in [-0.3, -0.25) is 4.72 Å². The molecule has 0 atom stereocenters. The van der Waals surface area contributed by atoms with Gasteiger partial charge in [0.2, 0.25) is 0 Å². The van der Waals surface area contributed by atoms with Crippen LogP contribution in [0.4, 0.5) is 24.8 Å². The first-order valence-corrected chi connectivity index (χ1v) is 13.5. The number of benzene rings is 1. The Labute approximate surface area is 224 Å². The van der Waals surface area contributed by atoms with Gasteiger partial charge >= 0.3 is 12.3 Å². The van der Waals surface area contributed by atoms with Crippen LogP contribution in [0.25, 0.3) is 11.3 Å². The number of ether oxygens (including phenoxy) is 1. The standard InChI is InChI=1S/C25H27F3N4O3S.CO2/c1-3-35-20-8-5-4-7-18(20)24-19(25(26,27)28)11-12-21(29-24)31-36(33,34)23-10-6-9-22(30-23)32-15-13-17(2)14-16-32;2-1-3/h4-12,17H,3,13-16H2,1-2H3,(H,29,31);. The Balaban J connectivity index is 0.00000134. The molecule has 1 aliphatic heterocycles. The minimum Gasteiger partial charge on any atom is -0.493 e. The number of alkyl halides is 3. The van der Waals surface area contributed by atoms with Gasteiger partial charge in [0.15, 0.2) is 5.03 Å². The highest BCUT2D eigenvalue weighted by Gasteiger charge is 2.36. The highest BCUT2D eigenvalue weighted by molar-refractivity contribution is 7.92. The van der Waals surface area contributed by atoms with Crippen molar-refractivity contribution in [3.8, 4) is 17.0 Å². The number of hydrogen-bond acceptors (Lipinski definition) is 8. The molecule has 0 bridgehead atoms. The van der Waals surface area contributed by atoms with Gasteiger partial charge in [0.1, 0.15) is 17.4 Å². The molecule has 1 saturated heterocycles. The predicted molar refractivity (Wildman–Crippen MR) is 137 cm³/mol. The van der Waals surface area contributed by atoms with Crippen LogP contribution in [0.2, 0.25) is 0 Å². The number of nitrogens with zero attached hydrogens (tertiary/aromatic N) is 3. The average Bonchev–Trinajstić information content (AvgIpc) is 2.89. The van der Waals surface area contributed by atoms with Crippen molar-refractivity contribution in [3.63, 3.8) is 0 Å². The zero-order valence-corrected chi connectivity index (χ0v) is 22.1. The second-order valence-electron chi connectivity index (χ2n) is 8.71. The highest BCUT2D eigenvalue weighted by Crippen LogP contribution is 2.40. The Morgan fingerprint density at radius 3 is 2.33 bits per heavy atom. The average molecular weight is 565 g/mol. The van der Waals surface area contributed by atoms with Gasteiger partial charge in [0.05, 0.1) is 17.9 Å². The number of halogens is 3. The molecule has 0 amide bonds. The molecule has 1 aromatic carbocycles. The van der Waals surface area contributed by atoms with Crippen molar-refractivity contribution in [2.24, 2.45) is 5.92 Å². The molecule has 0 spiro atoms. The van der Waals surface area contributed by atoms with E-state index in [2.05, 4.69) is 21.6 Å². The fourth-order valence-corrected chi connectivity index (χ4v) is 5.02. The maximum absolute atomic E-state index is 13.8. The van der Waals surface area contributed by atoms with Crippen molar-refractivity contribution in [2.45, 2.75) is 37.9 Å². The van der Waals surface area contributed by atoms with E-state index in [1.54, 1.807) is 31.2 Å². The zero-order chi connectivity index (χ0) is 28.6. The van der Waals surface area contributed by atoms with Crippen molar-refractivity contribution >= 4 is 27.8 Å². The van der Waals surface area contributed by atoms with Crippen LogP contribution in [-0.4, -0.2) is 44.2 Å². The number of para-hydroxylation sites is 1. The number of sulfonamides is 1. The first-order chi connectivity index (χ1) is 18.5. The summed E-state index contributed by atoms with van der Waals surface area (Å²) in [4.78, 5) is 26.6. The molecule has 13 heteroatoms. The first kappa shape index (κ1) is 29.6. The van der Waals surface area contributed by atoms with Crippen molar-refractivity contribution in [1.29, 1.82) is 0 Å². The fraction of sp³-hybridized carbons (Fsp3) is 0.346. The van der Waals surface area contributed by atoms with Gasteiger partial charge in [0, 0.05) is 18.7 Å². The topological polar surface area (TPSA) is 119 Å². The smallest absolute Gasteiger partial charge is 0.418 e. The van der Waals surface area contributed by atoms with E-state index in [1.165, 1.54) is 18.2 Å². The summed E-state index contributed by atoms with van der Waals surface area (Å²) in [5, 5.41) is -0.239. The molecule has 9 nitrogen and oxygen atoms in total. The van der Waals surface area contributed by atoms with Gasteiger partial charge in [-0.05, 0) is 62.1 Å². The molecule has 0 unspecified atom stereocenters. The lowest BCUT2D eigenvalue weighted by Crippen LogP contribution is -2.33. The van der Waals surface area contributed by atoms with E-state index in [9.17, 15) is 21.6 Å². The summed E-state index contributed by atoms with van der Waals surface area (Å²) in [6.07, 6.45) is -2.49. The van der Waals surface area contributed by atoms with Gasteiger partial charge in [0.25, 0.3) is 10.0 Å². The second kappa shape index (κ2) is 12.7. The third-order valence-corrected chi connectivity index (χ3v) is 7.23. The van der Waals surface area contributed by atoms with Crippen LogP contribution in [-0.2, 0) is 25.8 Å². The predicted octanol–water partition coefficient (Wildman–Crippen LogP) is 5.01. The van der Waals surface area contributed by atoms with E-state index in [1.807, 2.05) is 4.90 Å². The third-order valence-electron chi connectivity index (χ3n) is 5.97. The zero-order valence-electron chi connectivity index (χ0n) is 21.2. The quantitative estimate of drug-likeness (QED) is 0.425. The van der Waals surface area contributed by atoms with E-state index in [-0.39, 0.29) is 34.9 Å². The lowest BCUT2D eigenvalue weighted by molar-refractivity contribution is -0.191. The number of piperidine rings is 1. The maximum Gasteiger partial charge on any atom is 0.418 e. The summed E-state index contributed by atoms with van der Waals surface area (Å²) in [5.41, 5.74) is -1.33. The Morgan fingerprint density at radius 2 is 1.69 bits per heavy atom. The van der Waals surface area contributed by atoms with Gasteiger partial charge < -0.3 is 9.64 Å². The SMILES string of the molecule is CCOc1ccccc1-c1nc(NS(=O)(=O)c2cccc(N3CCC(C)CC3)n2)ccc1C(F)(F)F.O=C=O. The number of aromatic nitrogens is 2. The fourth-order valence-electron chi connectivity index (χ4n) is 4.05. The van der Waals surface area contributed by atoms with Gasteiger partial charge in [-0.2, -0.15) is 31.2 Å². The van der Waals surface area contributed by atoms with E-state index >= 15 is 0 Å². The van der Waals surface area contributed by atoms with Crippen molar-refractivity contribution in [3.05, 3.63) is 60.2 Å². The highest BCUT2D eigenvalue weighted by atomic mass is 32.2. The Kier molecular flexibility index (Phi) is 9.66. The van der Waals surface area contributed by atoms with Crippen LogP contribution in [0.1, 0.15) is 32.3 Å². The molecule has 39 heavy (non-hydrogen) atoms. The van der Waals surface area contributed by atoms with Crippen LogP contribution < -0.4 is 14.4 Å². The van der Waals surface area contributed by atoms with Gasteiger partial charge in [-0.1, -0.05) is 25.1 Å². The molecular weight excluding hydrogens is 537 g/mol. The van der Waals surface area contributed by atoms with Crippen LogP contribution in [0.5, 0.6) is 5.75 Å². The normalized spacial score (nSPS) is 14.1. The molecule has 1 fully saturated rings. The van der Waals surface area contributed by atoms with Crippen molar-refractivity contribution in [2.75, 3.05) is 29.3 Å². The maximum atomic E-state index is 13.8. The number of nitrogens with one attached hydrogen (secondary N) is 1. The number of carbonyl (C=O) groups excluding carboxylic acids is 2. The third kappa shape index (κ3) is 7.55. The van der Waals surface area contributed by atoms with Gasteiger partial charge in [-0.15, -0.1) is 0 Å². The molecule has 3 aromatic rings. The van der Waals surface area contributed by atoms with Gasteiger partial charge in [-0.25, -0.2) is 9.97 Å². The number of anilines is 2. The van der Waals surface area contributed by atoms with Crippen LogP contribution >= 0.6 is 0 Å². The van der Waals surface area contributed by atoms with Crippen molar-refractivity contribution in [1.82, 2.24) is 9.97 Å². The molecule has 4 rings (SSSR count). The monoisotopic (exact) mass is 564 g/mol. The second-order valence-corrected chi connectivity index (χ2v) is 10.3. The number of rotatable bonds is 7. The van der Waals surface area contributed by atoms with E-state index in [0.29, 0.717) is 11.7 Å².